The molecule has 1 saturated heterocycles. The second-order valence-corrected chi connectivity index (χ2v) is 13.4. The average molecular weight is 536 g/mol. The molecule has 2 aromatic heterocycles. The van der Waals surface area contributed by atoms with Gasteiger partial charge in [0.2, 0.25) is 15.9 Å². The molecule has 194 valence electrons. The number of rotatable bonds is 5. The molecule has 8 nitrogen and oxygen atoms in total. The lowest BCUT2D eigenvalue weighted by atomic mass is 9.76. The van der Waals surface area contributed by atoms with Crippen LogP contribution in [0.5, 0.6) is 0 Å². The number of nitriles is 1. The van der Waals surface area contributed by atoms with Crippen LogP contribution < -0.4 is 4.90 Å². The van der Waals surface area contributed by atoms with Crippen molar-refractivity contribution < 1.29 is 13.2 Å². The van der Waals surface area contributed by atoms with Gasteiger partial charge in [-0.3, -0.25) is 9.78 Å². The summed E-state index contributed by atoms with van der Waals surface area (Å²) >= 11 is 0. The monoisotopic (exact) mass is 535 g/mol. The van der Waals surface area contributed by atoms with Crippen LogP contribution in [-0.2, 0) is 26.8 Å². The molecule has 1 saturated carbocycles. The molecule has 2 aromatic carbocycles. The van der Waals surface area contributed by atoms with E-state index < -0.39 is 20.2 Å². The number of carbonyl (C=O) groups is 1. The van der Waals surface area contributed by atoms with Gasteiger partial charge in [-0.15, -0.1) is 0 Å². The van der Waals surface area contributed by atoms with Gasteiger partial charge in [-0.2, -0.15) is 9.57 Å². The van der Waals surface area contributed by atoms with Gasteiger partial charge in [0.1, 0.15) is 17.2 Å². The zero-order chi connectivity index (χ0) is 27.0. The van der Waals surface area contributed by atoms with Gasteiger partial charge >= 0.3 is 0 Å². The molecule has 0 radical (unpaired) electrons. The average Bonchev–Trinajstić information content (AvgIpc) is 3.65. The first-order chi connectivity index (χ1) is 18.8. The Morgan fingerprint density at radius 2 is 1.72 bits per heavy atom. The number of carbonyl (C=O) groups excluding carboxylic acids is 1. The van der Waals surface area contributed by atoms with Crippen molar-refractivity contribution in [3.8, 4) is 17.2 Å². The summed E-state index contributed by atoms with van der Waals surface area (Å²) in [5.41, 5.74) is 3.46. The molecule has 0 unspecified atom stereocenters. The normalized spacial score (nSPS) is 19.1. The highest BCUT2D eigenvalue weighted by Crippen LogP contribution is 2.53. The van der Waals surface area contributed by atoms with E-state index in [4.69, 9.17) is 4.98 Å². The van der Waals surface area contributed by atoms with Crippen LogP contribution >= 0.6 is 0 Å². The van der Waals surface area contributed by atoms with Crippen LogP contribution in [0, 0.1) is 11.3 Å². The van der Waals surface area contributed by atoms with Crippen molar-refractivity contribution >= 4 is 32.4 Å². The molecule has 4 aromatic rings. The number of nitrogens with zero attached hydrogens (tertiary/aromatic N) is 5. The first-order valence-electron chi connectivity index (χ1n) is 12.9. The van der Waals surface area contributed by atoms with Crippen LogP contribution in [0.25, 0.3) is 21.9 Å². The first-order valence-corrected chi connectivity index (χ1v) is 14.4. The number of pyridine rings is 2. The Morgan fingerprint density at radius 1 is 0.974 bits per heavy atom. The maximum atomic E-state index is 14.1. The molecule has 0 N–H and O–H groups in total. The van der Waals surface area contributed by atoms with Crippen LogP contribution in [0.3, 0.4) is 0 Å². The van der Waals surface area contributed by atoms with E-state index in [0.717, 1.165) is 33.2 Å². The van der Waals surface area contributed by atoms with Gasteiger partial charge in [0, 0.05) is 47.7 Å². The van der Waals surface area contributed by atoms with Crippen molar-refractivity contribution in [3.63, 3.8) is 0 Å². The molecule has 4 heterocycles. The largest absolute Gasteiger partial charge is 0.305 e. The fourth-order valence-corrected chi connectivity index (χ4v) is 7.96. The molecule has 0 bridgehead atoms. The van der Waals surface area contributed by atoms with Crippen LogP contribution in [0.15, 0.2) is 73.1 Å². The standard InChI is InChI=1S/C30H25N5O3S/c1-29(12-13-29)39(37,38)34-18-30(19-34)24-8-4-5-9-26(24)35(28(30)36)17-25-27(21-10-11-22(14-31)32-16-21)23-7-3-2-6-20(23)15-33-25/h2-11,15-16H,12-13,17-19H2,1H3. The summed E-state index contributed by atoms with van der Waals surface area (Å²) in [7, 11) is -3.45. The Bertz CT molecular complexity index is 1820. The molecule has 9 heteroatoms. The number of amides is 1. The van der Waals surface area contributed by atoms with E-state index in [1.54, 1.807) is 30.3 Å². The van der Waals surface area contributed by atoms with Crippen molar-refractivity contribution in [2.45, 2.75) is 36.5 Å². The summed E-state index contributed by atoms with van der Waals surface area (Å²) < 4.78 is 27.1. The molecule has 1 amide bonds. The minimum absolute atomic E-state index is 0.102. The van der Waals surface area contributed by atoms with Gasteiger partial charge in [0.15, 0.2) is 0 Å². The quantitative estimate of drug-likeness (QED) is 0.380. The van der Waals surface area contributed by atoms with Crippen LogP contribution in [0.2, 0.25) is 0 Å². The molecule has 1 aliphatic carbocycles. The Labute approximate surface area is 226 Å². The number of aromatic nitrogens is 2. The minimum atomic E-state index is -3.45. The highest BCUT2D eigenvalue weighted by Gasteiger charge is 2.64. The second kappa shape index (κ2) is 8.18. The zero-order valence-electron chi connectivity index (χ0n) is 21.3. The lowest BCUT2D eigenvalue weighted by Crippen LogP contribution is -2.66. The molecule has 2 aliphatic heterocycles. The smallest absolute Gasteiger partial charge is 0.240 e. The third-order valence-electron chi connectivity index (χ3n) is 8.53. The van der Waals surface area contributed by atoms with Gasteiger partial charge in [0.25, 0.3) is 0 Å². The Morgan fingerprint density at radius 3 is 2.44 bits per heavy atom. The van der Waals surface area contributed by atoms with Crippen LogP contribution in [0.4, 0.5) is 5.69 Å². The SMILES string of the molecule is CC1(S(=O)(=O)N2CC3(C2)C(=O)N(Cc2ncc4ccccc4c2-c2ccc(C#N)nc2)c2ccccc23)CC1. The van der Waals surface area contributed by atoms with E-state index in [9.17, 15) is 18.5 Å². The van der Waals surface area contributed by atoms with E-state index in [2.05, 4.69) is 11.1 Å². The molecule has 2 fully saturated rings. The Hall–Kier alpha value is -4.13. The lowest BCUT2D eigenvalue weighted by Gasteiger charge is -2.46. The van der Waals surface area contributed by atoms with Crippen molar-refractivity contribution in [3.05, 3.63) is 90.0 Å². The Balaban J connectivity index is 1.29. The zero-order valence-corrected chi connectivity index (χ0v) is 22.1. The highest BCUT2D eigenvalue weighted by atomic mass is 32.2. The summed E-state index contributed by atoms with van der Waals surface area (Å²) in [6.45, 7) is 2.33. The number of sulfonamides is 1. The third kappa shape index (κ3) is 3.38. The number of para-hydroxylation sites is 1. The maximum Gasteiger partial charge on any atom is 0.240 e. The first kappa shape index (κ1) is 23.9. The van der Waals surface area contributed by atoms with Crippen molar-refractivity contribution in [2.75, 3.05) is 18.0 Å². The van der Waals surface area contributed by atoms with Gasteiger partial charge in [-0.1, -0.05) is 42.5 Å². The topological polar surface area (TPSA) is 107 Å². The number of benzene rings is 2. The second-order valence-electron chi connectivity index (χ2n) is 10.9. The van der Waals surface area contributed by atoms with Gasteiger partial charge in [-0.05, 0) is 48.9 Å². The number of anilines is 1. The third-order valence-corrected chi connectivity index (χ3v) is 11.1. The summed E-state index contributed by atoms with van der Waals surface area (Å²) in [6.07, 6.45) is 4.80. The predicted octanol–water partition coefficient (Wildman–Crippen LogP) is 4.15. The van der Waals surface area contributed by atoms with Gasteiger partial charge in [-0.25, -0.2) is 13.4 Å². The fraction of sp³-hybridized carbons (Fsp3) is 0.267. The van der Waals surface area contributed by atoms with Gasteiger partial charge in [0.05, 0.1) is 17.0 Å². The van der Waals surface area contributed by atoms with Crippen molar-refractivity contribution in [1.82, 2.24) is 14.3 Å². The Kier molecular flexibility index (Phi) is 5.03. The molecule has 7 rings (SSSR count). The molecular formula is C30H25N5O3S. The molecule has 39 heavy (non-hydrogen) atoms. The van der Waals surface area contributed by atoms with E-state index in [-0.39, 0.29) is 25.5 Å². The molecule has 1 spiro atoms. The van der Waals surface area contributed by atoms with E-state index in [1.165, 1.54) is 4.31 Å². The predicted molar refractivity (Wildman–Crippen MR) is 147 cm³/mol. The van der Waals surface area contributed by atoms with Gasteiger partial charge < -0.3 is 4.90 Å². The van der Waals surface area contributed by atoms with E-state index in [0.29, 0.717) is 24.2 Å². The summed E-state index contributed by atoms with van der Waals surface area (Å²) in [4.78, 5) is 24.9. The highest BCUT2D eigenvalue weighted by molar-refractivity contribution is 7.90. The lowest BCUT2D eigenvalue weighted by molar-refractivity contribution is -0.127. The number of fused-ring (bicyclic) bond motifs is 3. The summed E-state index contributed by atoms with van der Waals surface area (Å²) in [6, 6.07) is 21.2. The summed E-state index contributed by atoms with van der Waals surface area (Å²) in [5, 5.41) is 11.2. The van der Waals surface area contributed by atoms with Crippen molar-refractivity contribution in [2.24, 2.45) is 0 Å². The molecular weight excluding hydrogens is 510 g/mol. The van der Waals surface area contributed by atoms with Crippen molar-refractivity contribution in [1.29, 1.82) is 5.26 Å². The van der Waals surface area contributed by atoms with E-state index in [1.807, 2.05) is 54.6 Å². The van der Waals surface area contributed by atoms with Crippen LogP contribution in [-0.4, -0.2) is 46.4 Å². The summed E-state index contributed by atoms with van der Waals surface area (Å²) in [5.74, 6) is -0.102. The minimum Gasteiger partial charge on any atom is -0.305 e. The molecule has 0 atom stereocenters. The van der Waals surface area contributed by atoms with Crippen LogP contribution in [0.1, 0.15) is 36.7 Å². The maximum absolute atomic E-state index is 14.1. The van der Waals surface area contributed by atoms with E-state index >= 15 is 0 Å². The fourth-order valence-electron chi connectivity index (χ4n) is 5.93. The number of hydrogen-bond acceptors (Lipinski definition) is 6. The number of hydrogen-bond donors (Lipinski definition) is 0. The molecule has 3 aliphatic rings.